The molecule has 164 valence electrons. The minimum Gasteiger partial charge on any atom is -0.396 e. The summed E-state index contributed by atoms with van der Waals surface area (Å²) in [5.41, 5.74) is 1.42. The zero-order valence-corrected chi connectivity index (χ0v) is 19.3. The van der Waals surface area contributed by atoms with E-state index in [0.29, 0.717) is 64.1 Å². The van der Waals surface area contributed by atoms with Crippen LogP contribution in [0, 0.1) is 11.2 Å². The van der Waals surface area contributed by atoms with E-state index in [4.69, 9.17) is 9.47 Å². The Hall–Kier alpha value is -1.17. The van der Waals surface area contributed by atoms with E-state index in [2.05, 4.69) is 15.6 Å². The lowest BCUT2D eigenvalue weighted by Gasteiger charge is -2.29. The predicted molar refractivity (Wildman–Crippen MR) is 123 cm³/mol. The Morgan fingerprint density at radius 3 is 2.66 bits per heavy atom. The Labute approximate surface area is 189 Å². The van der Waals surface area contributed by atoms with Crippen LogP contribution in [0.5, 0.6) is 0 Å². The van der Waals surface area contributed by atoms with Crippen LogP contribution in [0.15, 0.2) is 23.2 Å². The third kappa shape index (κ3) is 6.66. The van der Waals surface area contributed by atoms with Gasteiger partial charge in [-0.1, -0.05) is 6.07 Å². The number of aliphatic hydroxyl groups is 1. The topological polar surface area (TPSA) is 78.4 Å². The highest BCUT2D eigenvalue weighted by Gasteiger charge is 2.34. The van der Waals surface area contributed by atoms with Gasteiger partial charge in [-0.15, -0.1) is 24.0 Å². The summed E-state index contributed by atoms with van der Waals surface area (Å²) in [6.07, 6.45) is 1.62. The fraction of sp³-hybridized carbons (Fsp3) is 0.650. The second-order valence-corrected chi connectivity index (χ2v) is 7.44. The van der Waals surface area contributed by atoms with E-state index < -0.39 is 0 Å². The fourth-order valence-electron chi connectivity index (χ4n) is 3.71. The van der Waals surface area contributed by atoms with E-state index in [9.17, 15) is 9.50 Å². The van der Waals surface area contributed by atoms with Crippen LogP contribution in [0.1, 0.15) is 18.4 Å². The van der Waals surface area contributed by atoms with Gasteiger partial charge >= 0.3 is 0 Å². The molecule has 9 heteroatoms. The Balaban J connectivity index is 0.00000300. The summed E-state index contributed by atoms with van der Waals surface area (Å²) in [6, 6.07) is 5.34. The van der Waals surface area contributed by atoms with Gasteiger partial charge in [0.2, 0.25) is 0 Å². The van der Waals surface area contributed by atoms with Gasteiger partial charge in [0.1, 0.15) is 5.82 Å². The highest BCUT2D eigenvalue weighted by atomic mass is 127. The summed E-state index contributed by atoms with van der Waals surface area (Å²) in [5.74, 6) is 0.441. The lowest BCUT2D eigenvalue weighted by Crippen LogP contribution is -2.44. The molecule has 2 aliphatic heterocycles. The van der Waals surface area contributed by atoms with Crippen molar-refractivity contribution in [2.45, 2.75) is 19.4 Å². The van der Waals surface area contributed by atoms with Crippen molar-refractivity contribution < 1.29 is 19.0 Å². The third-order valence-electron chi connectivity index (χ3n) is 5.51. The molecule has 2 heterocycles. The van der Waals surface area contributed by atoms with E-state index in [-0.39, 0.29) is 41.8 Å². The van der Waals surface area contributed by atoms with E-state index in [1.165, 1.54) is 0 Å². The van der Waals surface area contributed by atoms with Gasteiger partial charge in [-0.3, -0.25) is 4.99 Å². The molecule has 0 aliphatic carbocycles. The van der Waals surface area contributed by atoms with Crippen LogP contribution in [0.4, 0.5) is 10.1 Å². The van der Waals surface area contributed by atoms with Gasteiger partial charge in [-0.05, 0) is 30.5 Å². The van der Waals surface area contributed by atoms with Crippen molar-refractivity contribution in [3.63, 3.8) is 0 Å². The van der Waals surface area contributed by atoms with Crippen LogP contribution in [0.25, 0.3) is 0 Å². The normalized spacial score (nSPS) is 22.3. The number of nitrogens with one attached hydrogen (secondary N) is 2. The average molecular weight is 522 g/mol. The Bertz CT molecular complexity index is 665. The fourth-order valence-corrected chi connectivity index (χ4v) is 3.71. The monoisotopic (exact) mass is 522 g/mol. The van der Waals surface area contributed by atoms with Crippen LogP contribution in [-0.4, -0.2) is 70.8 Å². The van der Waals surface area contributed by atoms with Crippen molar-refractivity contribution in [3.8, 4) is 0 Å². The molecule has 2 saturated heterocycles. The number of nitrogens with zero attached hydrogens (tertiary/aromatic N) is 2. The second kappa shape index (κ2) is 11.9. The van der Waals surface area contributed by atoms with Crippen LogP contribution in [0.2, 0.25) is 0 Å². The zero-order valence-electron chi connectivity index (χ0n) is 17.0. The maximum Gasteiger partial charge on any atom is 0.191 e. The molecule has 29 heavy (non-hydrogen) atoms. The van der Waals surface area contributed by atoms with Crippen molar-refractivity contribution in [3.05, 3.63) is 29.6 Å². The maximum absolute atomic E-state index is 14.5. The first-order chi connectivity index (χ1) is 13.7. The molecule has 0 spiro atoms. The van der Waals surface area contributed by atoms with Crippen LogP contribution in [0.3, 0.4) is 0 Å². The molecule has 0 bridgehead atoms. The van der Waals surface area contributed by atoms with Crippen LogP contribution >= 0.6 is 24.0 Å². The Kier molecular flexibility index (Phi) is 9.87. The van der Waals surface area contributed by atoms with Crippen molar-refractivity contribution in [1.82, 2.24) is 10.6 Å². The molecule has 3 N–H and O–H groups in total. The molecule has 2 fully saturated rings. The lowest BCUT2D eigenvalue weighted by atomic mass is 9.84. The molecular formula is C20H32FIN4O3. The van der Waals surface area contributed by atoms with Gasteiger partial charge in [-0.25, -0.2) is 4.39 Å². The highest BCUT2D eigenvalue weighted by molar-refractivity contribution is 14.0. The minimum atomic E-state index is -0.214. The first-order valence-electron chi connectivity index (χ1n) is 9.90. The van der Waals surface area contributed by atoms with Gasteiger partial charge in [0.05, 0.1) is 25.5 Å². The minimum absolute atomic E-state index is 0. The number of hydrogen-bond donors (Lipinski definition) is 3. The van der Waals surface area contributed by atoms with Gasteiger partial charge in [0.15, 0.2) is 5.96 Å². The van der Waals surface area contributed by atoms with Crippen molar-refractivity contribution in [2.24, 2.45) is 10.4 Å². The average Bonchev–Trinajstić information content (AvgIpc) is 3.18. The first kappa shape index (κ1) is 24.1. The van der Waals surface area contributed by atoms with Crippen LogP contribution < -0.4 is 15.5 Å². The Morgan fingerprint density at radius 1 is 1.24 bits per heavy atom. The summed E-state index contributed by atoms with van der Waals surface area (Å²) in [7, 11) is 1.71. The zero-order chi connectivity index (χ0) is 19.8. The SMILES string of the molecule is CN=C(NCc1ccc(N2CCOCC2)c(F)c1)NCC1(CCO)CCOC1.I. The number of morpholine rings is 1. The van der Waals surface area contributed by atoms with E-state index in [0.717, 1.165) is 18.6 Å². The molecule has 0 radical (unpaired) electrons. The van der Waals surface area contributed by atoms with E-state index >= 15 is 0 Å². The maximum atomic E-state index is 14.5. The summed E-state index contributed by atoms with van der Waals surface area (Å²) in [4.78, 5) is 6.26. The summed E-state index contributed by atoms with van der Waals surface area (Å²) >= 11 is 0. The molecule has 0 saturated carbocycles. The van der Waals surface area contributed by atoms with Crippen LogP contribution in [-0.2, 0) is 16.0 Å². The lowest BCUT2D eigenvalue weighted by molar-refractivity contribution is 0.122. The standard InChI is InChI=1S/C20H31FN4O3.HI/c1-22-19(24-14-20(4-8-26)5-9-28-15-20)23-13-16-2-3-18(17(21)12-16)25-6-10-27-11-7-25;/h2-3,12,26H,4-11,13-15H2,1H3,(H2,22,23,24);1H. The molecule has 1 aromatic rings. The number of benzene rings is 1. The molecule has 2 aliphatic rings. The van der Waals surface area contributed by atoms with Crippen molar-refractivity contribution >= 4 is 35.6 Å². The highest BCUT2D eigenvalue weighted by Crippen LogP contribution is 2.31. The number of ether oxygens (including phenoxy) is 2. The number of hydrogen-bond acceptors (Lipinski definition) is 5. The number of aliphatic hydroxyl groups excluding tert-OH is 1. The van der Waals surface area contributed by atoms with Gasteiger partial charge in [-0.2, -0.15) is 0 Å². The number of aliphatic imine (C=N–C) groups is 1. The summed E-state index contributed by atoms with van der Waals surface area (Å²) in [6.45, 7) is 5.36. The molecule has 1 unspecified atom stereocenters. The first-order valence-corrected chi connectivity index (χ1v) is 9.90. The predicted octanol–water partition coefficient (Wildman–Crippen LogP) is 1.73. The summed E-state index contributed by atoms with van der Waals surface area (Å²) < 4.78 is 25.4. The molecule has 0 aromatic heterocycles. The van der Waals surface area contributed by atoms with E-state index in [1.54, 1.807) is 13.1 Å². The summed E-state index contributed by atoms with van der Waals surface area (Å²) in [5, 5.41) is 15.9. The number of rotatable bonds is 7. The van der Waals surface area contributed by atoms with Gasteiger partial charge in [0, 0.05) is 51.9 Å². The Morgan fingerprint density at radius 2 is 2.03 bits per heavy atom. The molecule has 0 amide bonds. The van der Waals surface area contributed by atoms with Gasteiger partial charge in [0.25, 0.3) is 0 Å². The number of guanidine groups is 1. The molecule has 3 rings (SSSR count). The van der Waals surface area contributed by atoms with Crippen molar-refractivity contribution in [1.29, 1.82) is 0 Å². The molecule has 1 aromatic carbocycles. The largest absolute Gasteiger partial charge is 0.396 e. The quantitative estimate of drug-likeness (QED) is 0.288. The molecular weight excluding hydrogens is 490 g/mol. The molecule has 1 atom stereocenters. The molecule has 7 nitrogen and oxygen atoms in total. The van der Waals surface area contributed by atoms with E-state index in [1.807, 2.05) is 17.0 Å². The number of anilines is 1. The van der Waals surface area contributed by atoms with Gasteiger partial charge < -0.3 is 30.1 Å². The smallest absolute Gasteiger partial charge is 0.191 e. The van der Waals surface area contributed by atoms with Crippen molar-refractivity contribution in [2.75, 3.05) is 64.6 Å². The third-order valence-corrected chi connectivity index (χ3v) is 5.51. The second-order valence-electron chi connectivity index (χ2n) is 7.44. The number of halogens is 2.